The Kier molecular flexibility index (Phi) is 5.12. The van der Waals surface area contributed by atoms with E-state index in [0.717, 1.165) is 11.3 Å². The van der Waals surface area contributed by atoms with Gasteiger partial charge in [0.1, 0.15) is 0 Å². The average molecular weight is 276 g/mol. The predicted molar refractivity (Wildman–Crippen MR) is 76.4 cm³/mol. The lowest BCUT2D eigenvalue weighted by molar-refractivity contribution is -0.136. The number of benzene rings is 1. The molecule has 1 aliphatic heterocycles. The van der Waals surface area contributed by atoms with Gasteiger partial charge in [0.25, 0.3) is 0 Å². The van der Waals surface area contributed by atoms with Gasteiger partial charge in [0.15, 0.2) is 0 Å². The lowest BCUT2D eigenvalue weighted by Gasteiger charge is -2.26. The number of carbonyl (C=O) groups excluding carboxylic acids is 2. The van der Waals surface area contributed by atoms with Gasteiger partial charge in [-0.25, -0.2) is 0 Å². The summed E-state index contributed by atoms with van der Waals surface area (Å²) in [4.78, 5) is 25.5. The van der Waals surface area contributed by atoms with Crippen molar-refractivity contribution in [2.75, 3.05) is 31.6 Å². The molecule has 1 aliphatic rings. The largest absolute Gasteiger partial charge is 0.378 e. The van der Waals surface area contributed by atoms with Gasteiger partial charge < -0.3 is 15.0 Å². The van der Waals surface area contributed by atoms with E-state index in [1.807, 2.05) is 31.2 Å². The molecular weight excluding hydrogens is 256 g/mol. The Balaban J connectivity index is 1.75. The molecular formula is C15H20N2O3. The summed E-state index contributed by atoms with van der Waals surface area (Å²) in [5, 5.41) is 2.81. The maximum Gasteiger partial charge on any atom is 0.224 e. The number of ether oxygens (including phenoxy) is 1. The summed E-state index contributed by atoms with van der Waals surface area (Å²) >= 11 is 0. The second-order valence-electron chi connectivity index (χ2n) is 4.91. The van der Waals surface area contributed by atoms with Crippen molar-refractivity contribution in [1.29, 1.82) is 0 Å². The van der Waals surface area contributed by atoms with E-state index in [1.54, 1.807) is 4.90 Å². The summed E-state index contributed by atoms with van der Waals surface area (Å²) in [7, 11) is 0. The minimum Gasteiger partial charge on any atom is -0.378 e. The van der Waals surface area contributed by atoms with Crippen LogP contribution in [0.3, 0.4) is 0 Å². The summed E-state index contributed by atoms with van der Waals surface area (Å²) in [6.45, 7) is 4.39. The van der Waals surface area contributed by atoms with Crippen LogP contribution in [0.2, 0.25) is 0 Å². The number of carbonyl (C=O) groups is 2. The van der Waals surface area contributed by atoms with Crippen LogP contribution in [0.4, 0.5) is 5.69 Å². The molecule has 0 saturated carbocycles. The van der Waals surface area contributed by atoms with Gasteiger partial charge in [-0.2, -0.15) is 0 Å². The van der Waals surface area contributed by atoms with Crippen LogP contribution in [0.25, 0.3) is 0 Å². The molecule has 0 atom stereocenters. The number of hydrogen-bond acceptors (Lipinski definition) is 3. The smallest absolute Gasteiger partial charge is 0.224 e. The third kappa shape index (κ3) is 4.35. The molecule has 0 spiro atoms. The molecule has 20 heavy (non-hydrogen) atoms. The quantitative estimate of drug-likeness (QED) is 0.908. The first-order valence-electron chi connectivity index (χ1n) is 6.87. The van der Waals surface area contributed by atoms with Crippen molar-refractivity contribution in [3.05, 3.63) is 29.8 Å². The monoisotopic (exact) mass is 276 g/mol. The van der Waals surface area contributed by atoms with E-state index in [-0.39, 0.29) is 24.7 Å². The highest BCUT2D eigenvalue weighted by Gasteiger charge is 2.17. The summed E-state index contributed by atoms with van der Waals surface area (Å²) in [5.41, 5.74) is 1.86. The standard InChI is InChI=1S/C15H20N2O3/c1-12-3-2-4-13(11-12)16-14(18)5-6-15(19)17-7-9-20-10-8-17/h2-4,11H,5-10H2,1H3,(H,16,18). The maximum atomic E-state index is 11.9. The van der Waals surface area contributed by atoms with Crippen LogP contribution < -0.4 is 5.32 Å². The van der Waals surface area contributed by atoms with Gasteiger partial charge in [-0.15, -0.1) is 0 Å². The zero-order valence-corrected chi connectivity index (χ0v) is 11.7. The van der Waals surface area contributed by atoms with Crippen molar-refractivity contribution < 1.29 is 14.3 Å². The van der Waals surface area contributed by atoms with Crippen LogP contribution in [0.15, 0.2) is 24.3 Å². The normalized spacial score (nSPS) is 14.9. The zero-order chi connectivity index (χ0) is 14.4. The van der Waals surface area contributed by atoms with Gasteiger partial charge in [0.05, 0.1) is 13.2 Å². The summed E-state index contributed by atoms with van der Waals surface area (Å²) in [6, 6.07) is 7.61. The third-order valence-corrected chi connectivity index (χ3v) is 3.23. The minimum atomic E-state index is -0.128. The Morgan fingerprint density at radius 3 is 2.70 bits per heavy atom. The molecule has 1 N–H and O–H groups in total. The lowest BCUT2D eigenvalue weighted by Crippen LogP contribution is -2.40. The highest BCUT2D eigenvalue weighted by molar-refractivity contribution is 5.93. The van der Waals surface area contributed by atoms with Crippen molar-refractivity contribution in [3.8, 4) is 0 Å². The SMILES string of the molecule is Cc1cccc(NC(=O)CCC(=O)N2CCOCC2)c1. The fourth-order valence-corrected chi connectivity index (χ4v) is 2.14. The van der Waals surface area contributed by atoms with Gasteiger partial charge in [-0.3, -0.25) is 9.59 Å². The van der Waals surface area contributed by atoms with Crippen molar-refractivity contribution in [2.45, 2.75) is 19.8 Å². The average Bonchev–Trinajstić information content (AvgIpc) is 2.46. The highest BCUT2D eigenvalue weighted by atomic mass is 16.5. The number of anilines is 1. The molecule has 0 bridgehead atoms. The van der Waals surface area contributed by atoms with Crippen LogP contribution in [-0.4, -0.2) is 43.0 Å². The molecule has 108 valence electrons. The molecule has 0 aliphatic carbocycles. The molecule has 0 aromatic heterocycles. The maximum absolute atomic E-state index is 11.9. The Bertz CT molecular complexity index is 482. The van der Waals surface area contributed by atoms with E-state index >= 15 is 0 Å². The molecule has 2 amide bonds. The first-order valence-corrected chi connectivity index (χ1v) is 6.87. The number of rotatable bonds is 4. The molecule has 1 fully saturated rings. The molecule has 1 aromatic rings. The molecule has 2 rings (SSSR count). The van der Waals surface area contributed by atoms with Crippen molar-refractivity contribution in [1.82, 2.24) is 4.90 Å². The number of nitrogens with one attached hydrogen (secondary N) is 1. The molecule has 0 radical (unpaired) electrons. The number of aryl methyl sites for hydroxylation is 1. The van der Waals surface area contributed by atoms with Gasteiger partial charge in [0.2, 0.25) is 11.8 Å². The number of hydrogen-bond donors (Lipinski definition) is 1. The van der Waals surface area contributed by atoms with Gasteiger partial charge >= 0.3 is 0 Å². The Labute approximate surface area is 118 Å². The van der Waals surface area contributed by atoms with Crippen LogP contribution in [0, 0.1) is 6.92 Å². The fourth-order valence-electron chi connectivity index (χ4n) is 2.14. The molecule has 1 aromatic carbocycles. The van der Waals surface area contributed by atoms with Crippen molar-refractivity contribution in [3.63, 3.8) is 0 Å². The Morgan fingerprint density at radius 1 is 1.25 bits per heavy atom. The van der Waals surface area contributed by atoms with Crippen molar-refractivity contribution >= 4 is 17.5 Å². The zero-order valence-electron chi connectivity index (χ0n) is 11.7. The Morgan fingerprint density at radius 2 is 2.00 bits per heavy atom. The van der Waals surface area contributed by atoms with Gasteiger partial charge in [-0.05, 0) is 24.6 Å². The lowest BCUT2D eigenvalue weighted by atomic mass is 10.2. The van der Waals surface area contributed by atoms with Crippen LogP contribution in [-0.2, 0) is 14.3 Å². The third-order valence-electron chi connectivity index (χ3n) is 3.23. The Hall–Kier alpha value is -1.88. The van der Waals surface area contributed by atoms with E-state index in [4.69, 9.17) is 4.74 Å². The topological polar surface area (TPSA) is 58.6 Å². The first-order chi connectivity index (χ1) is 9.65. The van der Waals surface area contributed by atoms with Crippen LogP contribution >= 0.6 is 0 Å². The summed E-state index contributed by atoms with van der Waals surface area (Å²) in [5.74, 6) is -0.107. The predicted octanol–water partition coefficient (Wildman–Crippen LogP) is 1.57. The second kappa shape index (κ2) is 7.05. The first kappa shape index (κ1) is 14.5. The van der Waals surface area contributed by atoms with E-state index in [0.29, 0.717) is 26.3 Å². The van der Waals surface area contributed by atoms with Gasteiger partial charge in [-0.1, -0.05) is 12.1 Å². The molecule has 1 saturated heterocycles. The molecule has 5 nitrogen and oxygen atoms in total. The van der Waals surface area contributed by atoms with E-state index < -0.39 is 0 Å². The second-order valence-corrected chi connectivity index (χ2v) is 4.91. The summed E-state index contributed by atoms with van der Waals surface area (Å²) < 4.78 is 5.19. The van der Waals surface area contributed by atoms with E-state index in [1.165, 1.54) is 0 Å². The van der Waals surface area contributed by atoms with E-state index in [2.05, 4.69) is 5.32 Å². The minimum absolute atomic E-state index is 0.0210. The summed E-state index contributed by atoms with van der Waals surface area (Å²) in [6.07, 6.45) is 0.460. The number of morpholine rings is 1. The van der Waals surface area contributed by atoms with Gasteiger partial charge in [0, 0.05) is 31.6 Å². The molecule has 1 heterocycles. The van der Waals surface area contributed by atoms with Crippen LogP contribution in [0.1, 0.15) is 18.4 Å². The highest BCUT2D eigenvalue weighted by Crippen LogP contribution is 2.10. The fraction of sp³-hybridized carbons (Fsp3) is 0.467. The number of amides is 2. The molecule has 5 heteroatoms. The molecule has 0 unspecified atom stereocenters. The van der Waals surface area contributed by atoms with E-state index in [9.17, 15) is 9.59 Å². The number of nitrogens with zero attached hydrogens (tertiary/aromatic N) is 1. The van der Waals surface area contributed by atoms with Crippen molar-refractivity contribution in [2.24, 2.45) is 0 Å². The van der Waals surface area contributed by atoms with Crippen LogP contribution in [0.5, 0.6) is 0 Å².